The Balaban J connectivity index is 0.000000210. The summed E-state index contributed by atoms with van der Waals surface area (Å²) < 4.78 is 12.3. The third-order valence-corrected chi connectivity index (χ3v) is 9.72. The third kappa shape index (κ3) is 11.5. The van der Waals surface area contributed by atoms with Crippen molar-refractivity contribution >= 4 is 22.9 Å². The molecule has 0 saturated carbocycles. The van der Waals surface area contributed by atoms with Gasteiger partial charge in [0.15, 0.2) is 0 Å². The van der Waals surface area contributed by atoms with E-state index in [1.54, 1.807) is 12.1 Å². The molecule has 3 nitrogen and oxygen atoms in total. The third-order valence-electron chi connectivity index (χ3n) is 5.91. The summed E-state index contributed by atoms with van der Waals surface area (Å²) in [5.41, 5.74) is 7.48. The summed E-state index contributed by atoms with van der Waals surface area (Å²) in [6, 6.07) is 29.9. The molecule has 0 radical (unpaired) electrons. The number of hydrogen-bond donors (Lipinski definition) is 0. The smallest absolute Gasteiger partial charge is 0.211 e. The molecule has 0 bridgehead atoms. The molecule has 2 atom stereocenters. The Labute approximate surface area is 231 Å². The van der Waals surface area contributed by atoms with Crippen molar-refractivity contribution in [1.82, 2.24) is 0 Å². The summed E-state index contributed by atoms with van der Waals surface area (Å²) in [7, 11) is -3.26. The van der Waals surface area contributed by atoms with Crippen LogP contribution < -0.4 is 0 Å². The number of rotatable bonds is 8. The van der Waals surface area contributed by atoms with Crippen molar-refractivity contribution in [3.8, 4) is 0 Å². The second kappa shape index (κ2) is 16.0. The van der Waals surface area contributed by atoms with Crippen LogP contribution in [0.15, 0.2) is 128 Å². The Morgan fingerprint density at radius 1 is 0.947 bits per heavy atom. The highest BCUT2D eigenvalue weighted by Crippen LogP contribution is 2.30. The van der Waals surface area contributed by atoms with Crippen LogP contribution in [-0.2, 0) is 8.85 Å². The van der Waals surface area contributed by atoms with Gasteiger partial charge in [-0.05, 0) is 50.2 Å². The maximum Gasteiger partial charge on any atom is 0.211 e. The van der Waals surface area contributed by atoms with Gasteiger partial charge in [-0.15, -0.1) is 13.2 Å². The molecule has 0 spiro atoms. The van der Waals surface area contributed by atoms with Crippen LogP contribution in [0.4, 0.5) is 0 Å². The predicted octanol–water partition coefficient (Wildman–Crippen LogP) is 9.20. The second-order valence-corrected chi connectivity index (χ2v) is 17.8. The van der Waals surface area contributed by atoms with E-state index >= 15 is 0 Å². The van der Waals surface area contributed by atoms with E-state index < -0.39 is 16.6 Å². The van der Waals surface area contributed by atoms with Gasteiger partial charge in [0.2, 0.25) is 16.6 Å². The molecule has 0 amide bonds. The van der Waals surface area contributed by atoms with E-state index in [9.17, 15) is 4.79 Å². The average molecular weight is 543 g/mol. The molecule has 3 aromatic rings. The van der Waals surface area contributed by atoms with Gasteiger partial charge in [0, 0.05) is 5.56 Å². The van der Waals surface area contributed by atoms with E-state index in [-0.39, 0.29) is 12.2 Å². The topological polar surface area (TPSA) is 35.5 Å². The second-order valence-electron chi connectivity index (χ2n) is 10.1. The summed E-state index contributed by atoms with van der Waals surface area (Å²) in [6.07, 6.45) is 7.26. The predicted molar refractivity (Wildman–Crippen MR) is 166 cm³/mol. The molecular formula is C33H42O3Si2. The van der Waals surface area contributed by atoms with Crippen LogP contribution in [-0.4, -0.2) is 22.9 Å². The first-order chi connectivity index (χ1) is 18.2. The summed E-state index contributed by atoms with van der Waals surface area (Å²) in [5.74, 6) is 0. The monoisotopic (exact) mass is 542 g/mol. The van der Waals surface area contributed by atoms with Gasteiger partial charge in [0.1, 0.15) is 6.29 Å². The van der Waals surface area contributed by atoms with E-state index in [4.69, 9.17) is 8.85 Å². The molecule has 1 heterocycles. The lowest BCUT2D eigenvalue weighted by Gasteiger charge is -2.30. The number of hydrogen-bond acceptors (Lipinski definition) is 3. The normalized spacial score (nSPS) is 16.5. The molecule has 200 valence electrons. The lowest BCUT2D eigenvalue weighted by atomic mass is 10.1. The zero-order valence-corrected chi connectivity index (χ0v) is 25.3. The molecule has 0 N–H and O–H groups in total. The Bertz CT molecular complexity index is 1130. The summed E-state index contributed by atoms with van der Waals surface area (Å²) in [5, 5.41) is 0. The van der Waals surface area contributed by atoms with Crippen molar-refractivity contribution in [2.75, 3.05) is 0 Å². The lowest BCUT2D eigenvalue weighted by Crippen LogP contribution is -2.32. The van der Waals surface area contributed by atoms with Crippen molar-refractivity contribution in [2.24, 2.45) is 0 Å². The van der Waals surface area contributed by atoms with E-state index in [0.29, 0.717) is 0 Å². The molecular weight excluding hydrogens is 501 g/mol. The van der Waals surface area contributed by atoms with Crippen molar-refractivity contribution < 1.29 is 13.6 Å². The van der Waals surface area contributed by atoms with Crippen molar-refractivity contribution in [2.45, 2.75) is 51.2 Å². The Morgan fingerprint density at radius 3 is 1.97 bits per heavy atom. The molecule has 38 heavy (non-hydrogen) atoms. The molecule has 1 aliphatic rings. The van der Waals surface area contributed by atoms with Gasteiger partial charge in [-0.2, -0.15) is 0 Å². The highest BCUT2D eigenvalue weighted by atomic mass is 28.4. The highest BCUT2D eigenvalue weighted by molar-refractivity contribution is 6.76. The van der Waals surface area contributed by atoms with Crippen LogP contribution in [0.5, 0.6) is 0 Å². The number of aldehydes is 1. The largest absolute Gasteiger partial charge is 0.406 e. The van der Waals surface area contributed by atoms with Gasteiger partial charge in [-0.1, -0.05) is 115 Å². The van der Waals surface area contributed by atoms with Crippen molar-refractivity contribution in [1.29, 1.82) is 0 Å². The zero-order valence-electron chi connectivity index (χ0n) is 23.3. The zero-order chi connectivity index (χ0) is 27.9. The molecule has 5 heteroatoms. The fourth-order valence-corrected chi connectivity index (χ4v) is 6.63. The summed E-state index contributed by atoms with van der Waals surface area (Å²) in [4.78, 5) is 10.0. The quantitative estimate of drug-likeness (QED) is 0.162. The first kappa shape index (κ1) is 31.1. The van der Waals surface area contributed by atoms with Gasteiger partial charge < -0.3 is 8.85 Å². The molecule has 2 unspecified atom stereocenters. The molecule has 0 saturated heterocycles. The first-order valence-electron chi connectivity index (χ1n) is 13.1. The van der Waals surface area contributed by atoms with Crippen LogP contribution in [0, 0.1) is 0 Å². The minimum Gasteiger partial charge on any atom is -0.406 e. The molecule has 0 fully saturated rings. The molecule has 0 aromatic heterocycles. The van der Waals surface area contributed by atoms with E-state index in [2.05, 4.69) is 87.5 Å². The molecule has 1 aliphatic heterocycles. The number of carbonyl (C=O) groups is 1. The fraction of sp³-hybridized carbons (Fsp3) is 0.242. The standard InChI is InChI=1S/C14H20OSi.C12H16OSi.C7H6O/c1-5-10-14(15-16(3,4)6-2)13-11-8-7-9-12-13;1-14(2)10-6-9-12(13-14)11-7-4-3-5-8-11;8-6-7-4-2-1-3-5-7/h5-9,11-12,14H,1-2,10H2,3-4H3;3-8,10,12H,9H2,1-2H3;1-6H. The lowest BCUT2D eigenvalue weighted by molar-refractivity contribution is 0.112. The van der Waals surface area contributed by atoms with Crippen LogP contribution in [0.2, 0.25) is 26.2 Å². The maximum atomic E-state index is 10.0. The van der Waals surface area contributed by atoms with Crippen LogP contribution >= 0.6 is 0 Å². The molecule has 4 rings (SSSR count). The average Bonchev–Trinajstić information content (AvgIpc) is 2.94. The number of carbonyl (C=O) groups excluding carboxylic acids is 1. The highest BCUT2D eigenvalue weighted by Gasteiger charge is 2.27. The van der Waals surface area contributed by atoms with Gasteiger partial charge in [-0.3, -0.25) is 4.79 Å². The van der Waals surface area contributed by atoms with E-state index in [1.165, 1.54) is 11.1 Å². The maximum absolute atomic E-state index is 10.0. The minimum atomic E-state index is -1.74. The van der Waals surface area contributed by atoms with E-state index in [1.807, 2.05) is 54.2 Å². The minimum absolute atomic E-state index is 0.110. The van der Waals surface area contributed by atoms with Gasteiger partial charge >= 0.3 is 0 Å². The Hall–Kier alpha value is -3.10. The SMILES string of the molecule is C=CCC(O[Si](C)(C)C=C)c1ccccc1.C[Si]1(C)C=CCC(c2ccccc2)O1.O=Cc1ccccc1. The Kier molecular flexibility index (Phi) is 13.1. The summed E-state index contributed by atoms with van der Waals surface area (Å²) in [6.45, 7) is 16.4. The van der Waals surface area contributed by atoms with Crippen LogP contribution in [0.3, 0.4) is 0 Å². The van der Waals surface area contributed by atoms with Crippen molar-refractivity contribution in [3.05, 3.63) is 144 Å². The van der Waals surface area contributed by atoms with Crippen molar-refractivity contribution in [3.63, 3.8) is 0 Å². The fourth-order valence-electron chi connectivity index (χ4n) is 3.82. The molecule has 0 aliphatic carbocycles. The Morgan fingerprint density at radius 2 is 1.50 bits per heavy atom. The van der Waals surface area contributed by atoms with Gasteiger partial charge in [0.05, 0.1) is 12.2 Å². The first-order valence-corrected chi connectivity index (χ1v) is 19.0. The number of benzene rings is 3. The molecule has 3 aromatic carbocycles. The van der Waals surface area contributed by atoms with Gasteiger partial charge in [0.25, 0.3) is 0 Å². The van der Waals surface area contributed by atoms with Gasteiger partial charge in [-0.25, -0.2) is 0 Å². The van der Waals surface area contributed by atoms with E-state index in [0.717, 1.165) is 24.7 Å². The van der Waals surface area contributed by atoms with Crippen LogP contribution in [0.1, 0.15) is 46.5 Å². The summed E-state index contributed by atoms with van der Waals surface area (Å²) >= 11 is 0. The van der Waals surface area contributed by atoms with Crippen LogP contribution in [0.25, 0.3) is 0 Å².